The van der Waals surface area contributed by atoms with E-state index in [1.54, 1.807) is 4.90 Å². The Morgan fingerprint density at radius 2 is 1.67 bits per heavy atom. The molecule has 1 aliphatic heterocycles. The molecule has 1 aromatic rings. The van der Waals surface area contributed by atoms with Gasteiger partial charge in [0.05, 0.1) is 5.56 Å². The first-order valence-electron chi connectivity index (χ1n) is 7.20. The van der Waals surface area contributed by atoms with Crippen LogP contribution >= 0.6 is 0 Å². The Kier molecular flexibility index (Phi) is 5.09. The highest BCUT2D eigenvalue weighted by Crippen LogP contribution is 2.30. The number of nitrogens with zero attached hydrogens (tertiary/aromatic N) is 1. The first-order valence-corrected chi connectivity index (χ1v) is 7.20. The smallest absolute Gasteiger partial charge is 0.325 e. The van der Waals surface area contributed by atoms with Crippen LogP contribution in [0, 0.1) is 0 Å². The monoisotopic (exact) mass is 300 g/mol. The first kappa shape index (κ1) is 15.7. The Morgan fingerprint density at radius 3 is 2.29 bits per heavy atom. The molecule has 3 nitrogen and oxygen atoms in total. The van der Waals surface area contributed by atoms with E-state index in [1.165, 1.54) is 18.6 Å². The maximum Gasteiger partial charge on any atom is 0.416 e. The summed E-state index contributed by atoms with van der Waals surface area (Å²) in [5, 5.41) is 2.56. The molecule has 2 amide bonds. The maximum absolute atomic E-state index is 12.6. The van der Waals surface area contributed by atoms with Crippen molar-refractivity contribution in [2.45, 2.75) is 38.3 Å². The third kappa shape index (κ3) is 4.65. The number of carbonyl (C=O) groups excluding carboxylic acids is 1. The summed E-state index contributed by atoms with van der Waals surface area (Å²) in [5.41, 5.74) is -0.579. The molecular formula is C15H19F3N2O. The number of nitrogens with one attached hydrogen (secondary N) is 1. The summed E-state index contributed by atoms with van der Waals surface area (Å²) in [7, 11) is 0. The molecule has 0 aromatic heterocycles. The zero-order valence-corrected chi connectivity index (χ0v) is 11.7. The Hall–Kier alpha value is -1.72. The zero-order valence-electron chi connectivity index (χ0n) is 11.7. The van der Waals surface area contributed by atoms with Gasteiger partial charge in [-0.05, 0) is 31.0 Å². The summed E-state index contributed by atoms with van der Waals surface area (Å²) in [6.07, 6.45) is 0.844. The Morgan fingerprint density at radius 1 is 1.05 bits per heavy atom. The SMILES string of the molecule is O=C(Nc1cccc(C(F)(F)F)c1)N1CCCCCCC1. The van der Waals surface area contributed by atoms with Crippen LogP contribution in [0.3, 0.4) is 0 Å². The highest BCUT2D eigenvalue weighted by Gasteiger charge is 2.30. The molecule has 1 aliphatic rings. The van der Waals surface area contributed by atoms with E-state index in [-0.39, 0.29) is 11.7 Å². The zero-order chi connectivity index (χ0) is 15.3. The van der Waals surface area contributed by atoms with Crippen LogP contribution in [0.1, 0.15) is 37.7 Å². The number of urea groups is 1. The van der Waals surface area contributed by atoms with Crippen LogP contribution in [0.2, 0.25) is 0 Å². The van der Waals surface area contributed by atoms with Gasteiger partial charge in [-0.25, -0.2) is 4.79 Å². The van der Waals surface area contributed by atoms with Gasteiger partial charge in [-0.1, -0.05) is 25.3 Å². The molecule has 0 saturated carbocycles. The molecule has 6 heteroatoms. The lowest BCUT2D eigenvalue weighted by Crippen LogP contribution is -2.37. The number of carbonyl (C=O) groups is 1. The highest BCUT2D eigenvalue weighted by atomic mass is 19.4. The van der Waals surface area contributed by atoms with Gasteiger partial charge in [0.15, 0.2) is 0 Å². The average Bonchev–Trinajstić information content (AvgIpc) is 2.37. The fraction of sp³-hybridized carbons (Fsp3) is 0.533. The van der Waals surface area contributed by atoms with Gasteiger partial charge >= 0.3 is 12.2 Å². The second kappa shape index (κ2) is 6.83. The van der Waals surface area contributed by atoms with Crippen molar-refractivity contribution in [3.8, 4) is 0 Å². The molecule has 1 saturated heterocycles. The number of alkyl halides is 3. The Bertz CT molecular complexity index is 480. The molecule has 0 aliphatic carbocycles. The van der Waals surface area contributed by atoms with Crippen LogP contribution < -0.4 is 5.32 Å². The lowest BCUT2D eigenvalue weighted by molar-refractivity contribution is -0.137. The van der Waals surface area contributed by atoms with Gasteiger partial charge in [0, 0.05) is 18.8 Å². The molecule has 0 spiro atoms. The molecule has 0 unspecified atom stereocenters. The van der Waals surface area contributed by atoms with Gasteiger partial charge in [-0.3, -0.25) is 0 Å². The molecule has 0 atom stereocenters. The molecule has 1 N–H and O–H groups in total. The Labute approximate surface area is 122 Å². The quantitative estimate of drug-likeness (QED) is 0.813. The van der Waals surface area contributed by atoms with Crippen molar-refractivity contribution in [2.75, 3.05) is 18.4 Å². The molecule has 1 fully saturated rings. The van der Waals surface area contributed by atoms with Gasteiger partial charge in [-0.15, -0.1) is 0 Å². The van der Waals surface area contributed by atoms with E-state index in [2.05, 4.69) is 5.32 Å². The second-order valence-corrected chi connectivity index (χ2v) is 5.26. The molecule has 116 valence electrons. The van der Waals surface area contributed by atoms with Crippen LogP contribution in [-0.4, -0.2) is 24.0 Å². The summed E-state index contributed by atoms with van der Waals surface area (Å²) in [6, 6.07) is 4.40. The van der Waals surface area contributed by atoms with E-state index in [0.717, 1.165) is 37.8 Å². The van der Waals surface area contributed by atoms with Gasteiger partial charge in [0.2, 0.25) is 0 Å². The number of anilines is 1. The van der Waals surface area contributed by atoms with Gasteiger partial charge < -0.3 is 10.2 Å². The van der Waals surface area contributed by atoms with E-state index in [1.807, 2.05) is 0 Å². The van der Waals surface area contributed by atoms with E-state index in [4.69, 9.17) is 0 Å². The predicted molar refractivity (Wildman–Crippen MR) is 75.1 cm³/mol. The highest BCUT2D eigenvalue weighted by molar-refractivity contribution is 5.89. The predicted octanol–water partition coefficient (Wildman–Crippen LogP) is 4.50. The van der Waals surface area contributed by atoms with Crippen LogP contribution in [0.25, 0.3) is 0 Å². The van der Waals surface area contributed by atoms with E-state index in [9.17, 15) is 18.0 Å². The maximum atomic E-state index is 12.6. The standard InChI is InChI=1S/C15H19F3N2O/c16-15(17,18)12-7-6-8-13(11-12)19-14(21)20-9-4-2-1-3-5-10-20/h6-8,11H,1-5,9-10H2,(H,19,21). The third-order valence-corrected chi connectivity index (χ3v) is 3.58. The van der Waals surface area contributed by atoms with Crippen LogP contribution in [0.5, 0.6) is 0 Å². The lowest BCUT2D eigenvalue weighted by atomic mass is 10.1. The summed E-state index contributed by atoms with van der Waals surface area (Å²) in [5.74, 6) is 0. The fourth-order valence-electron chi connectivity index (χ4n) is 2.43. The summed E-state index contributed by atoms with van der Waals surface area (Å²) in [4.78, 5) is 13.8. The van der Waals surface area contributed by atoms with Gasteiger partial charge in [-0.2, -0.15) is 13.2 Å². The lowest BCUT2D eigenvalue weighted by Gasteiger charge is -2.25. The third-order valence-electron chi connectivity index (χ3n) is 3.58. The van der Waals surface area contributed by atoms with E-state index >= 15 is 0 Å². The number of likely N-dealkylation sites (tertiary alicyclic amines) is 1. The van der Waals surface area contributed by atoms with E-state index < -0.39 is 11.7 Å². The number of hydrogen-bond acceptors (Lipinski definition) is 1. The van der Waals surface area contributed by atoms with Crippen molar-refractivity contribution >= 4 is 11.7 Å². The van der Waals surface area contributed by atoms with Crippen molar-refractivity contribution in [2.24, 2.45) is 0 Å². The summed E-state index contributed by atoms with van der Waals surface area (Å²) >= 11 is 0. The normalized spacial score (nSPS) is 17.0. The molecular weight excluding hydrogens is 281 g/mol. The van der Waals surface area contributed by atoms with Gasteiger partial charge in [0.1, 0.15) is 0 Å². The van der Waals surface area contributed by atoms with Crippen LogP contribution in [0.4, 0.5) is 23.7 Å². The first-order chi connectivity index (χ1) is 9.97. The fourth-order valence-corrected chi connectivity index (χ4v) is 2.43. The molecule has 21 heavy (non-hydrogen) atoms. The Balaban J connectivity index is 2.01. The van der Waals surface area contributed by atoms with Crippen molar-refractivity contribution in [1.29, 1.82) is 0 Å². The molecule has 1 aromatic carbocycles. The average molecular weight is 300 g/mol. The number of amides is 2. The minimum Gasteiger partial charge on any atom is -0.325 e. The number of hydrogen-bond donors (Lipinski definition) is 1. The summed E-state index contributed by atoms with van der Waals surface area (Å²) in [6.45, 7) is 1.32. The van der Waals surface area contributed by atoms with Crippen molar-refractivity contribution in [1.82, 2.24) is 4.90 Å². The summed E-state index contributed by atoms with van der Waals surface area (Å²) < 4.78 is 37.9. The molecule has 1 heterocycles. The van der Waals surface area contributed by atoms with Crippen LogP contribution in [-0.2, 0) is 6.18 Å². The largest absolute Gasteiger partial charge is 0.416 e. The molecule has 0 radical (unpaired) electrons. The molecule has 2 rings (SSSR count). The number of rotatable bonds is 1. The number of benzene rings is 1. The minimum absolute atomic E-state index is 0.178. The van der Waals surface area contributed by atoms with E-state index in [0.29, 0.717) is 13.1 Å². The van der Waals surface area contributed by atoms with Gasteiger partial charge in [0.25, 0.3) is 0 Å². The number of halogens is 3. The molecule has 0 bridgehead atoms. The van der Waals surface area contributed by atoms with Crippen molar-refractivity contribution < 1.29 is 18.0 Å². The minimum atomic E-state index is -4.40. The van der Waals surface area contributed by atoms with Crippen molar-refractivity contribution in [3.63, 3.8) is 0 Å². The topological polar surface area (TPSA) is 32.3 Å². The van der Waals surface area contributed by atoms with Crippen LogP contribution in [0.15, 0.2) is 24.3 Å². The van der Waals surface area contributed by atoms with Crippen molar-refractivity contribution in [3.05, 3.63) is 29.8 Å². The second-order valence-electron chi connectivity index (χ2n) is 5.26.